The molecular weight excluding hydrogens is 321 g/mol. The molecule has 0 radical (unpaired) electrons. The van der Waals surface area contributed by atoms with E-state index in [4.69, 9.17) is 19.5 Å². The van der Waals surface area contributed by atoms with Gasteiger partial charge in [-0.3, -0.25) is 9.13 Å². The van der Waals surface area contributed by atoms with E-state index in [1.807, 2.05) is 0 Å². The molecule has 0 fully saturated rings. The smallest absolute Gasteiger partial charge is 0.353 e. The molecule has 2 heterocycles. The summed E-state index contributed by atoms with van der Waals surface area (Å²) in [7, 11) is -3.18. The van der Waals surface area contributed by atoms with E-state index >= 15 is 0 Å². The van der Waals surface area contributed by atoms with Gasteiger partial charge >= 0.3 is 7.60 Å². The van der Waals surface area contributed by atoms with Crippen molar-refractivity contribution >= 4 is 24.6 Å². The zero-order valence-electron chi connectivity index (χ0n) is 13.1. The first-order valence-corrected chi connectivity index (χ1v) is 8.76. The van der Waals surface area contributed by atoms with Crippen LogP contribution < -0.4 is 5.73 Å². The molecule has 2 N–H and O–H groups in total. The molecule has 126 valence electrons. The molecule has 10 heteroatoms. The van der Waals surface area contributed by atoms with Crippen LogP contribution in [0.1, 0.15) is 13.8 Å². The lowest BCUT2D eigenvalue weighted by atomic mass is 10.5. The normalized spacial score (nSPS) is 12.4. The minimum atomic E-state index is -3.18. The Kier molecular flexibility index (Phi) is 6.23. The number of fused-ring (bicyclic) bond motifs is 1. The summed E-state index contributed by atoms with van der Waals surface area (Å²) < 4.78 is 29.6. The Bertz CT molecular complexity index is 707. The number of ether oxygens (including phenoxy) is 1. The van der Waals surface area contributed by atoms with E-state index < -0.39 is 7.60 Å². The number of rotatable bonds is 9. The van der Waals surface area contributed by atoms with Crippen LogP contribution in [0.3, 0.4) is 0 Å². The van der Waals surface area contributed by atoms with Crippen molar-refractivity contribution in [2.75, 3.05) is 25.6 Å². The van der Waals surface area contributed by atoms with Crippen LogP contribution in [-0.4, -0.2) is 39.3 Å². The third-order valence-electron chi connectivity index (χ3n) is 2.78. The molecule has 0 atom stereocenters. The quantitative estimate of drug-likeness (QED) is 0.545. The fraction of sp³-hybridized carbons (Fsp3) is 0.462. The first-order valence-electron chi connectivity index (χ1n) is 7.15. The molecular formula is C13H20N5O4P. The molecule has 0 aliphatic carbocycles. The lowest BCUT2D eigenvalue weighted by molar-refractivity contribution is 0.102. The summed E-state index contributed by atoms with van der Waals surface area (Å²) >= 11 is 0. The SMILES string of the molecule is CCOP(=O)(C=CCOCn1cnc2c(N)ncnc21)OCC. The van der Waals surface area contributed by atoms with Crippen molar-refractivity contribution in [3.8, 4) is 0 Å². The zero-order chi connectivity index (χ0) is 16.7. The number of hydrogen-bond acceptors (Lipinski definition) is 8. The summed E-state index contributed by atoms with van der Waals surface area (Å²) in [6, 6.07) is 0. The minimum Gasteiger partial charge on any atom is -0.382 e. The van der Waals surface area contributed by atoms with Gasteiger partial charge in [-0.2, -0.15) is 0 Å². The zero-order valence-corrected chi connectivity index (χ0v) is 14.0. The molecule has 0 spiro atoms. The predicted molar refractivity (Wildman–Crippen MR) is 85.7 cm³/mol. The van der Waals surface area contributed by atoms with Crippen LogP contribution in [0.5, 0.6) is 0 Å². The first kappa shape index (κ1) is 17.6. The fourth-order valence-corrected chi connectivity index (χ4v) is 3.18. The number of hydrogen-bond donors (Lipinski definition) is 1. The summed E-state index contributed by atoms with van der Waals surface area (Å²) in [6.45, 7) is 4.60. The monoisotopic (exact) mass is 341 g/mol. The van der Waals surface area contributed by atoms with Gasteiger partial charge in [-0.25, -0.2) is 15.0 Å². The van der Waals surface area contributed by atoms with Crippen LogP contribution in [0.15, 0.2) is 24.5 Å². The molecule has 0 saturated heterocycles. The number of anilines is 1. The van der Waals surface area contributed by atoms with E-state index in [1.54, 1.807) is 30.8 Å². The number of imidazole rings is 1. The molecule has 2 rings (SSSR count). The molecule has 23 heavy (non-hydrogen) atoms. The average molecular weight is 341 g/mol. The van der Waals surface area contributed by atoms with Crippen LogP contribution in [-0.2, 0) is 25.1 Å². The molecule has 9 nitrogen and oxygen atoms in total. The van der Waals surface area contributed by atoms with E-state index in [0.29, 0.717) is 30.2 Å². The third kappa shape index (κ3) is 4.59. The highest BCUT2D eigenvalue weighted by Crippen LogP contribution is 2.49. The maximum atomic E-state index is 12.2. The van der Waals surface area contributed by atoms with Crippen LogP contribution >= 0.6 is 7.60 Å². The van der Waals surface area contributed by atoms with Crippen molar-refractivity contribution < 1.29 is 18.3 Å². The van der Waals surface area contributed by atoms with Crippen molar-refractivity contribution in [2.24, 2.45) is 0 Å². The van der Waals surface area contributed by atoms with Gasteiger partial charge < -0.3 is 19.5 Å². The predicted octanol–water partition coefficient (Wildman–Crippen LogP) is 2.16. The second-order valence-electron chi connectivity index (χ2n) is 4.41. The molecule has 2 aromatic heterocycles. The highest BCUT2D eigenvalue weighted by Gasteiger charge is 2.18. The van der Waals surface area contributed by atoms with Crippen LogP contribution in [0.2, 0.25) is 0 Å². The maximum absolute atomic E-state index is 12.2. The fourth-order valence-electron chi connectivity index (χ4n) is 1.87. The lowest BCUT2D eigenvalue weighted by Gasteiger charge is -2.12. The number of aromatic nitrogens is 4. The summed E-state index contributed by atoms with van der Waals surface area (Å²) in [5, 5.41) is 0. The van der Waals surface area contributed by atoms with E-state index in [-0.39, 0.29) is 13.3 Å². The largest absolute Gasteiger partial charge is 0.382 e. The summed E-state index contributed by atoms with van der Waals surface area (Å²) in [6.07, 6.45) is 4.55. The highest BCUT2D eigenvalue weighted by molar-refractivity contribution is 7.57. The van der Waals surface area contributed by atoms with Gasteiger partial charge in [-0.15, -0.1) is 0 Å². The highest BCUT2D eigenvalue weighted by atomic mass is 31.2. The maximum Gasteiger partial charge on any atom is 0.353 e. The summed E-state index contributed by atoms with van der Waals surface area (Å²) in [5.41, 5.74) is 6.84. The topological polar surface area (TPSA) is 114 Å². The Hall–Kier alpha value is -1.80. The molecule has 0 aromatic carbocycles. The van der Waals surface area contributed by atoms with Gasteiger partial charge in [-0.05, 0) is 13.8 Å². The van der Waals surface area contributed by atoms with Gasteiger partial charge in [0.25, 0.3) is 0 Å². The van der Waals surface area contributed by atoms with Gasteiger partial charge in [0.15, 0.2) is 11.5 Å². The average Bonchev–Trinajstić information content (AvgIpc) is 2.92. The van der Waals surface area contributed by atoms with Crippen LogP contribution in [0.4, 0.5) is 5.82 Å². The standard InChI is InChI=1S/C13H20N5O4P/c1-3-21-23(19,22-4-2)7-5-6-20-10-18-9-17-11-12(14)15-8-16-13(11)18/h5,7-9H,3-4,6,10H2,1-2H3,(H2,14,15,16). The van der Waals surface area contributed by atoms with Crippen molar-refractivity contribution in [1.82, 2.24) is 19.5 Å². The van der Waals surface area contributed by atoms with Crippen molar-refractivity contribution in [2.45, 2.75) is 20.6 Å². The van der Waals surface area contributed by atoms with Gasteiger partial charge in [-0.1, -0.05) is 6.08 Å². The van der Waals surface area contributed by atoms with Crippen LogP contribution in [0, 0.1) is 0 Å². The Morgan fingerprint density at radius 1 is 1.26 bits per heavy atom. The van der Waals surface area contributed by atoms with Gasteiger partial charge in [0.1, 0.15) is 18.6 Å². The van der Waals surface area contributed by atoms with Crippen molar-refractivity contribution in [1.29, 1.82) is 0 Å². The van der Waals surface area contributed by atoms with Crippen LogP contribution in [0.25, 0.3) is 11.2 Å². The van der Waals surface area contributed by atoms with E-state index in [0.717, 1.165) is 0 Å². The Balaban J connectivity index is 1.90. The second-order valence-corrected chi connectivity index (χ2v) is 6.30. The second kappa shape index (κ2) is 8.16. The Morgan fingerprint density at radius 3 is 2.70 bits per heavy atom. The third-order valence-corrected chi connectivity index (χ3v) is 4.59. The molecule has 0 unspecified atom stereocenters. The van der Waals surface area contributed by atoms with Crippen molar-refractivity contribution in [3.63, 3.8) is 0 Å². The van der Waals surface area contributed by atoms with Gasteiger partial charge in [0.05, 0.1) is 26.1 Å². The number of nitrogens with two attached hydrogens (primary N) is 1. The lowest BCUT2D eigenvalue weighted by Crippen LogP contribution is -2.03. The van der Waals surface area contributed by atoms with E-state index in [9.17, 15) is 4.57 Å². The summed E-state index contributed by atoms with van der Waals surface area (Å²) in [5.74, 6) is 1.73. The van der Waals surface area contributed by atoms with Crippen molar-refractivity contribution in [3.05, 3.63) is 24.5 Å². The summed E-state index contributed by atoms with van der Waals surface area (Å²) in [4.78, 5) is 12.1. The minimum absolute atomic E-state index is 0.227. The van der Waals surface area contributed by atoms with E-state index in [2.05, 4.69) is 15.0 Å². The van der Waals surface area contributed by atoms with Gasteiger partial charge in [0, 0.05) is 5.82 Å². The molecule has 0 aliphatic heterocycles. The van der Waals surface area contributed by atoms with E-state index in [1.165, 1.54) is 12.1 Å². The Labute approximate surface area is 134 Å². The number of nitrogen functional groups attached to an aromatic ring is 1. The molecule has 0 saturated carbocycles. The molecule has 0 aliphatic rings. The molecule has 2 aromatic rings. The Morgan fingerprint density at radius 2 is 2.00 bits per heavy atom. The van der Waals surface area contributed by atoms with Gasteiger partial charge in [0.2, 0.25) is 0 Å². The molecule has 0 amide bonds. The first-order chi connectivity index (χ1) is 11.1. The molecule has 0 bridgehead atoms. The number of nitrogens with zero attached hydrogens (tertiary/aromatic N) is 4.